The number of carbonyl (C=O) groups is 1. The minimum Gasteiger partial charge on any atom is -0.493 e. The van der Waals surface area contributed by atoms with E-state index in [-0.39, 0.29) is 11.8 Å². The predicted octanol–water partition coefficient (Wildman–Crippen LogP) is 0.706. The second-order valence-electron chi connectivity index (χ2n) is 6.95. The topological polar surface area (TPSA) is 67.8 Å². The summed E-state index contributed by atoms with van der Waals surface area (Å²) in [6.07, 6.45) is 1.83. The number of methoxy groups -OCH3 is 1. The fraction of sp³-hybridized carbons (Fsp3) is 0.588. The molecule has 2 fully saturated rings. The SMILES string of the molecule is COc1ccc2c3c1O[C@H]1C(=O)CC[C@@]4(O)[C@@H](C2)NCCC314. The normalized spacial score (nSPS) is 40.9. The number of Topliss-reactive ketones (excluding diaryl/α,β-unsaturated/α-hetero) is 1. The van der Waals surface area contributed by atoms with Crippen LogP contribution in [-0.2, 0) is 16.6 Å². The molecule has 4 aliphatic rings. The summed E-state index contributed by atoms with van der Waals surface area (Å²) in [5.41, 5.74) is 0.699. The summed E-state index contributed by atoms with van der Waals surface area (Å²) in [6, 6.07) is 3.96. The molecule has 5 heteroatoms. The number of piperidine rings is 1. The lowest BCUT2D eigenvalue weighted by Crippen LogP contribution is -2.76. The van der Waals surface area contributed by atoms with E-state index >= 15 is 0 Å². The number of nitrogens with one attached hydrogen (secondary N) is 1. The maximum atomic E-state index is 12.6. The largest absolute Gasteiger partial charge is 0.493 e. The Balaban J connectivity index is 1.87. The highest BCUT2D eigenvalue weighted by molar-refractivity contribution is 5.90. The van der Waals surface area contributed by atoms with Crippen molar-refractivity contribution >= 4 is 5.78 Å². The summed E-state index contributed by atoms with van der Waals surface area (Å²) < 4.78 is 11.6. The number of aliphatic hydroxyl groups is 1. The van der Waals surface area contributed by atoms with E-state index in [2.05, 4.69) is 11.4 Å². The van der Waals surface area contributed by atoms with Gasteiger partial charge in [0.25, 0.3) is 0 Å². The Hall–Kier alpha value is -1.59. The third kappa shape index (κ3) is 1.16. The first kappa shape index (κ1) is 12.9. The Labute approximate surface area is 128 Å². The standard InChI is InChI=1S/C17H19NO4/c1-21-11-3-2-9-8-12-17(20)5-4-10(19)15-16(17,6-7-18-12)13(9)14(11)22-15/h2-3,12,15,18,20H,4-8H2,1H3/t12-,15+,16?,17-/m1/s1. The van der Waals surface area contributed by atoms with E-state index in [1.165, 1.54) is 5.56 Å². The summed E-state index contributed by atoms with van der Waals surface area (Å²) in [6.45, 7) is 0.802. The Morgan fingerprint density at radius 1 is 1.41 bits per heavy atom. The van der Waals surface area contributed by atoms with Gasteiger partial charge in [0.15, 0.2) is 23.4 Å². The molecule has 1 saturated heterocycles. The first-order valence-corrected chi connectivity index (χ1v) is 7.97. The summed E-state index contributed by atoms with van der Waals surface area (Å²) in [7, 11) is 1.61. The Bertz CT molecular complexity index is 702. The van der Waals surface area contributed by atoms with Gasteiger partial charge in [-0.25, -0.2) is 0 Å². The maximum Gasteiger partial charge on any atom is 0.174 e. The summed E-state index contributed by atoms with van der Waals surface area (Å²) in [4.78, 5) is 12.6. The van der Waals surface area contributed by atoms with Gasteiger partial charge in [0.1, 0.15) is 0 Å². The monoisotopic (exact) mass is 301 g/mol. The van der Waals surface area contributed by atoms with Crippen LogP contribution in [0.1, 0.15) is 30.4 Å². The first-order chi connectivity index (χ1) is 10.6. The molecule has 4 atom stereocenters. The highest BCUT2D eigenvalue weighted by atomic mass is 16.5. The van der Waals surface area contributed by atoms with E-state index in [0.29, 0.717) is 24.3 Å². The molecule has 0 aromatic heterocycles. The Morgan fingerprint density at radius 2 is 2.27 bits per heavy atom. The maximum absolute atomic E-state index is 12.6. The number of hydrogen-bond acceptors (Lipinski definition) is 5. The molecule has 2 heterocycles. The van der Waals surface area contributed by atoms with Gasteiger partial charge >= 0.3 is 0 Å². The highest BCUT2D eigenvalue weighted by Crippen LogP contribution is 2.63. The molecular formula is C17H19NO4. The van der Waals surface area contributed by atoms with Crippen LogP contribution in [0.5, 0.6) is 11.5 Å². The van der Waals surface area contributed by atoms with Crippen LogP contribution >= 0.6 is 0 Å². The van der Waals surface area contributed by atoms with Crippen LogP contribution in [0.15, 0.2) is 12.1 Å². The minimum absolute atomic E-state index is 0.00713. The molecule has 2 aliphatic heterocycles. The van der Waals surface area contributed by atoms with Crippen LogP contribution in [-0.4, -0.2) is 42.3 Å². The lowest BCUT2D eigenvalue weighted by atomic mass is 9.49. The quantitative estimate of drug-likeness (QED) is 0.799. The molecule has 2 aliphatic carbocycles. The van der Waals surface area contributed by atoms with Crippen molar-refractivity contribution in [2.75, 3.05) is 13.7 Å². The van der Waals surface area contributed by atoms with Gasteiger partial charge in [-0.3, -0.25) is 4.79 Å². The molecule has 0 amide bonds. The van der Waals surface area contributed by atoms with Crippen LogP contribution in [0.2, 0.25) is 0 Å². The molecule has 1 aromatic carbocycles. The van der Waals surface area contributed by atoms with Gasteiger partial charge in [-0.15, -0.1) is 0 Å². The van der Waals surface area contributed by atoms with E-state index in [4.69, 9.17) is 9.47 Å². The molecule has 116 valence electrons. The molecule has 2 bridgehead atoms. The number of benzene rings is 1. The fourth-order valence-corrected chi connectivity index (χ4v) is 5.37. The second-order valence-corrected chi connectivity index (χ2v) is 6.95. The highest BCUT2D eigenvalue weighted by Gasteiger charge is 2.71. The molecule has 1 aromatic rings. The van der Waals surface area contributed by atoms with E-state index in [0.717, 1.165) is 24.9 Å². The third-order valence-electron chi connectivity index (χ3n) is 6.29. The van der Waals surface area contributed by atoms with Crippen molar-refractivity contribution in [1.29, 1.82) is 0 Å². The average molecular weight is 301 g/mol. The Kier molecular flexibility index (Phi) is 2.25. The van der Waals surface area contributed by atoms with Crippen LogP contribution in [0, 0.1) is 0 Å². The average Bonchev–Trinajstić information content (AvgIpc) is 2.85. The van der Waals surface area contributed by atoms with Crippen molar-refractivity contribution in [3.05, 3.63) is 23.3 Å². The van der Waals surface area contributed by atoms with Crippen molar-refractivity contribution in [3.8, 4) is 11.5 Å². The van der Waals surface area contributed by atoms with E-state index in [9.17, 15) is 9.90 Å². The zero-order chi connectivity index (χ0) is 15.1. The van der Waals surface area contributed by atoms with Crippen molar-refractivity contribution < 1.29 is 19.4 Å². The summed E-state index contributed by atoms with van der Waals surface area (Å²) in [5.74, 6) is 1.45. The van der Waals surface area contributed by atoms with Gasteiger partial charge in [0, 0.05) is 18.0 Å². The van der Waals surface area contributed by atoms with Gasteiger partial charge in [0.2, 0.25) is 0 Å². The smallest absolute Gasteiger partial charge is 0.174 e. The number of ether oxygens (including phenoxy) is 2. The summed E-state index contributed by atoms with van der Waals surface area (Å²) in [5, 5.41) is 15.0. The molecule has 5 rings (SSSR count). The van der Waals surface area contributed by atoms with Crippen LogP contribution in [0.4, 0.5) is 0 Å². The fourth-order valence-electron chi connectivity index (χ4n) is 5.37. The predicted molar refractivity (Wildman–Crippen MR) is 78.4 cm³/mol. The van der Waals surface area contributed by atoms with E-state index in [1.807, 2.05) is 6.07 Å². The van der Waals surface area contributed by atoms with Gasteiger partial charge in [-0.2, -0.15) is 0 Å². The van der Waals surface area contributed by atoms with E-state index < -0.39 is 17.1 Å². The van der Waals surface area contributed by atoms with Crippen LogP contribution < -0.4 is 14.8 Å². The van der Waals surface area contributed by atoms with Crippen molar-refractivity contribution in [2.45, 2.75) is 48.8 Å². The number of ketones is 1. The molecule has 22 heavy (non-hydrogen) atoms. The molecule has 1 spiro atoms. The van der Waals surface area contributed by atoms with Gasteiger partial charge in [-0.1, -0.05) is 6.07 Å². The van der Waals surface area contributed by atoms with Crippen molar-refractivity contribution in [1.82, 2.24) is 5.32 Å². The minimum atomic E-state index is -0.908. The number of carbonyl (C=O) groups excluding carboxylic acids is 1. The number of hydrogen-bond donors (Lipinski definition) is 2. The van der Waals surface area contributed by atoms with Crippen LogP contribution in [0.25, 0.3) is 0 Å². The molecule has 0 radical (unpaired) electrons. The lowest BCUT2D eigenvalue weighted by molar-refractivity contribution is -0.166. The second kappa shape index (κ2) is 3.84. The molecular weight excluding hydrogens is 282 g/mol. The van der Waals surface area contributed by atoms with Gasteiger partial charge < -0.3 is 19.9 Å². The third-order valence-corrected chi connectivity index (χ3v) is 6.29. The first-order valence-electron chi connectivity index (χ1n) is 7.97. The van der Waals surface area contributed by atoms with Crippen molar-refractivity contribution in [2.24, 2.45) is 0 Å². The molecule has 2 N–H and O–H groups in total. The zero-order valence-corrected chi connectivity index (χ0v) is 12.5. The van der Waals surface area contributed by atoms with E-state index in [1.54, 1.807) is 7.11 Å². The van der Waals surface area contributed by atoms with Crippen LogP contribution in [0.3, 0.4) is 0 Å². The molecule has 1 saturated carbocycles. The summed E-state index contributed by atoms with van der Waals surface area (Å²) >= 11 is 0. The molecule has 1 unspecified atom stereocenters. The van der Waals surface area contributed by atoms with Gasteiger partial charge in [0.05, 0.1) is 18.1 Å². The number of rotatable bonds is 1. The van der Waals surface area contributed by atoms with Gasteiger partial charge in [-0.05, 0) is 37.4 Å². The molecule has 5 nitrogen and oxygen atoms in total. The van der Waals surface area contributed by atoms with Crippen molar-refractivity contribution in [3.63, 3.8) is 0 Å². The Morgan fingerprint density at radius 3 is 3.09 bits per heavy atom. The zero-order valence-electron chi connectivity index (χ0n) is 12.5. The lowest BCUT2D eigenvalue weighted by Gasteiger charge is -2.59.